The van der Waals surface area contributed by atoms with Crippen LogP contribution < -0.4 is 4.74 Å². The van der Waals surface area contributed by atoms with E-state index < -0.39 is 5.41 Å². The Morgan fingerprint density at radius 2 is 1.78 bits per heavy atom. The number of ether oxygens (including phenoxy) is 1. The second-order valence-corrected chi connectivity index (χ2v) is 6.60. The number of alkyl halides is 1. The molecule has 2 rings (SSSR count). The second-order valence-electron chi connectivity index (χ2n) is 6.33. The van der Waals surface area contributed by atoms with Gasteiger partial charge in [0.25, 0.3) is 5.91 Å². The highest BCUT2D eigenvalue weighted by atomic mass is 35.5. The van der Waals surface area contributed by atoms with Crippen molar-refractivity contribution in [2.24, 2.45) is 5.41 Å². The van der Waals surface area contributed by atoms with Gasteiger partial charge in [0.15, 0.2) is 0 Å². The summed E-state index contributed by atoms with van der Waals surface area (Å²) >= 11 is 5.87. The SMILES string of the molecule is COc1cccc(C(=O)N2CCN(C(=O)C(C)(C)CCl)CC2)c1. The summed E-state index contributed by atoms with van der Waals surface area (Å²) < 4.78 is 5.15. The first-order valence-corrected chi connectivity index (χ1v) is 8.21. The summed E-state index contributed by atoms with van der Waals surface area (Å²) in [5, 5.41) is 0. The Hall–Kier alpha value is -1.75. The first-order chi connectivity index (χ1) is 10.9. The number of benzene rings is 1. The molecule has 1 aliphatic heterocycles. The Labute approximate surface area is 142 Å². The Morgan fingerprint density at radius 1 is 1.17 bits per heavy atom. The summed E-state index contributed by atoms with van der Waals surface area (Å²) in [6, 6.07) is 7.12. The summed E-state index contributed by atoms with van der Waals surface area (Å²) in [5.41, 5.74) is 0.0331. The van der Waals surface area contributed by atoms with Gasteiger partial charge in [-0.2, -0.15) is 0 Å². The van der Waals surface area contributed by atoms with Gasteiger partial charge >= 0.3 is 0 Å². The predicted octanol–water partition coefficient (Wildman–Crippen LogP) is 2.24. The number of halogens is 1. The molecule has 0 N–H and O–H groups in total. The van der Waals surface area contributed by atoms with E-state index in [9.17, 15) is 9.59 Å². The minimum absolute atomic E-state index is 0.0346. The van der Waals surface area contributed by atoms with Crippen LogP contribution in [0.5, 0.6) is 5.75 Å². The van der Waals surface area contributed by atoms with E-state index in [1.165, 1.54) is 0 Å². The number of methoxy groups -OCH3 is 1. The number of nitrogens with zero attached hydrogens (tertiary/aromatic N) is 2. The Morgan fingerprint density at radius 3 is 2.35 bits per heavy atom. The van der Waals surface area contributed by atoms with Gasteiger partial charge in [0, 0.05) is 37.6 Å². The van der Waals surface area contributed by atoms with Gasteiger partial charge in [0.2, 0.25) is 5.91 Å². The molecule has 0 aromatic heterocycles. The first kappa shape index (κ1) is 17.6. The van der Waals surface area contributed by atoms with E-state index in [0.717, 1.165) is 0 Å². The molecule has 5 nitrogen and oxygen atoms in total. The zero-order valence-corrected chi connectivity index (χ0v) is 14.6. The molecule has 1 aromatic rings. The fourth-order valence-electron chi connectivity index (χ4n) is 2.54. The van der Waals surface area contributed by atoms with Crippen LogP contribution in [-0.4, -0.2) is 60.8 Å². The number of piperazine rings is 1. The topological polar surface area (TPSA) is 49.9 Å². The summed E-state index contributed by atoms with van der Waals surface area (Å²) in [5.74, 6) is 0.955. The third-order valence-electron chi connectivity index (χ3n) is 4.08. The molecule has 0 bridgehead atoms. The lowest BCUT2D eigenvalue weighted by atomic mass is 9.94. The highest BCUT2D eigenvalue weighted by Crippen LogP contribution is 2.22. The van der Waals surface area contributed by atoms with Crippen molar-refractivity contribution in [1.82, 2.24) is 9.80 Å². The standard InChI is InChI=1S/C17H23ClN2O3/c1-17(2,12-18)16(22)20-9-7-19(8-10-20)15(21)13-5-4-6-14(11-13)23-3/h4-6,11H,7-10,12H2,1-3H3. The lowest BCUT2D eigenvalue weighted by molar-refractivity contribution is -0.140. The second kappa shape index (κ2) is 7.21. The van der Waals surface area contributed by atoms with E-state index >= 15 is 0 Å². The molecule has 1 aromatic carbocycles. The van der Waals surface area contributed by atoms with Gasteiger partial charge in [0.05, 0.1) is 12.5 Å². The third-order valence-corrected chi connectivity index (χ3v) is 4.75. The average Bonchev–Trinajstić information content (AvgIpc) is 2.60. The smallest absolute Gasteiger partial charge is 0.254 e. The summed E-state index contributed by atoms with van der Waals surface area (Å²) in [4.78, 5) is 28.5. The highest BCUT2D eigenvalue weighted by Gasteiger charge is 2.33. The Bertz CT molecular complexity index is 581. The molecule has 1 saturated heterocycles. The maximum Gasteiger partial charge on any atom is 0.254 e. The van der Waals surface area contributed by atoms with Gasteiger partial charge in [-0.15, -0.1) is 11.6 Å². The van der Waals surface area contributed by atoms with Crippen LogP contribution in [0, 0.1) is 5.41 Å². The van der Waals surface area contributed by atoms with Crippen molar-refractivity contribution in [3.8, 4) is 5.75 Å². The highest BCUT2D eigenvalue weighted by molar-refractivity contribution is 6.19. The third kappa shape index (κ3) is 3.96. The summed E-state index contributed by atoms with van der Waals surface area (Å²) in [6.07, 6.45) is 0. The van der Waals surface area contributed by atoms with Crippen LogP contribution >= 0.6 is 11.6 Å². The van der Waals surface area contributed by atoms with Crippen molar-refractivity contribution in [1.29, 1.82) is 0 Å². The van der Waals surface area contributed by atoms with Gasteiger partial charge in [0.1, 0.15) is 5.75 Å². The van der Waals surface area contributed by atoms with Crippen LogP contribution in [0.1, 0.15) is 24.2 Å². The number of rotatable bonds is 4. The van der Waals surface area contributed by atoms with Crippen molar-refractivity contribution >= 4 is 23.4 Å². The van der Waals surface area contributed by atoms with Crippen LogP contribution in [0.4, 0.5) is 0 Å². The average molecular weight is 339 g/mol. The number of hydrogen-bond acceptors (Lipinski definition) is 3. The van der Waals surface area contributed by atoms with Gasteiger partial charge in [-0.05, 0) is 32.0 Å². The molecule has 0 radical (unpaired) electrons. The molecule has 1 aliphatic rings. The maximum absolute atomic E-state index is 12.5. The lowest BCUT2D eigenvalue weighted by Crippen LogP contribution is -2.53. The molecule has 6 heteroatoms. The van der Waals surface area contributed by atoms with Crippen LogP contribution in [0.15, 0.2) is 24.3 Å². The molecular formula is C17H23ClN2O3. The molecule has 1 fully saturated rings. The molecular weight excluding hydrogens is 316 g/mol. The van der Waals surface area contributed by atoms with Gasteiger partial charge in [-0.25, -0.2) is 0 Å². The zero-order chi connectivity index (χ0) is 17.0. The molecule has 0 unspecified atom stereocenters. The van der Waals surface area contributed by atoms with Crippen LogP contribution in [0.2, 0.25) is 0 Å². The van der Waals surface area contributed by atoms with E-state index in [1.54, 1.807) is 35.1 Å². The molecule has 0 atom stereocenters. The molecule has 2 amide bonds. The first-order valence-electron chi connectivity index (χ1n) is 7.67. The number of amides is 2. The van der Waals surface area contributed by atoms with Crippen LogP contribution in [0.25, 0.3) is 0 Å². The Kier molecular flexibility index (Phi) is 5.52. The molecule has 1 heterocycles. The summed E-state index contributed by atoms with van der Waals surface area (Å²) in [7, 11) is 1.58. The maximum atomic E-state index is 12.5. The molecule has 126 valence electrons. The van der Waals surface area contributed by atoms with Crippen molar-refractivity contribution in [2.75, 3.05) is 39.2 Å². The van der Waals surface area contributed by atoms with E-state index in [1.807, 2.05) is 19.9 Å². The van der Waals surface area contributed by atoms with Crippen molar-refractivity contribution in [2.45, 2.75) is 13.8 Å². The molecule has 0 aliphatic carbocycles. The fraction of sp³-hybridized carbons (Fsp3) is 0.529. The zero-order valence-electron chi connectivity index (χ0n) is 13.8. The fourth-order valence-corrected chi connectivity index (χ4v) is 2.65. The van der Waals surface area contributed by atoms with E-state index in [-0.39, 0.29) is 17.7 Å². The van der Waals surface area contributed by atoms with Crippen molar-refractivity contribution < 1.29 is 14.3 Å². The Balaban J connectivity index is 1.98. The number of carbonyl (C=O) groups is 2. The number of hydrogen-bond donors (Lipinski definition) is 0. The number of carbonyl (C=O) groups excluding carboxylic acids is 2. The monoisotopic (exact) mass is 338 g/mol. The predicted molar refractivity (Wildman–Crippen MR) is 90.0 cm³/mol. The van der Waals surface area contributed by atoms with E-state index in [4.69, 9.17) is 16.3 Å². The van der Waals surface area contributed by atoms with Crippen molar-refractivity contribution in [3.05, 3.63) is 29.8 Å². The minimum Gasteiger partial charge on any atom is -0.497 e. The van der Waals surface area contributed by atoms with E-state index in [0.29, 0.717) is 37.5 Å². The van der Waals surface area contributed by atoms with Gasteiger partial charge in [-0.1, -0.05) is 6.07 Å². The van der Waals surface area contributed by atoms with Crippen LogP contribution in [-0.2, 0) is 4.79 Å². The summed E-state index contributed by atoms with van der Waals surface area (Å²) in [6.45, 7) is 5.82. The van der Waals surface area contributed by atoms with Crippen LogP contribution in [0.3, 0.4) is 0 Å². The van der Waals surface area contributed by atoms with Crippen molar-refractivity contribution in [3.63, 3.8) is 0 Å². The van der Waals surface area contributed by atoms with Gasteiger partial charge < -0.3 is 14.5 Å². The largest absolute Gasteiger partial charge is 0.497 e. The lowest BCUT2D eigenvalue weighted by Gasteiger charge is -2.38. The minimum atomic E-state index is -0.569. The normalized spacial score (nSPS) is 15.5. The molecule has 23 heavy (non-hydrogen) atoms. The quantitative estimate of drug-likeness (QED) is 0.791. The molecule has 0 spiro atoms. The van der Waals surface area contributed by atoms with Gasteiger partial charge in [-0.3, -0.25) is 9.59 Å². The van der Waals surface area contributed by atoms with E-state index in [2.05, 4.69) is 0 Å². The molecule has 0 saturated carbocycles.